The molecule has 1 aliphatic heterocycles. The van der Waals surface area contributed by atoms with Crippen LogP contribution in [0.3, 0.4) is 0 Å². The highest BCUT2D eigenvalue weighted by molar-refractivity contribution is 5.89. The number of piperidine rings is 1. The number of carbonyl (C=O) groups excluding carboxylic acids is 2. The molecular formula is C14H26N2O3. The molecule has 1 rings (SSSR count). The third-order valence-electron chi connectivity index (χ3n) is 3.52. The second-order valence-electron chi connectivity index (χ2n) is 6.31. The molecule has 0 spiro atoms. The highest BCUT2D eigenvalue weighted by Crippen LogP contribution is 2.18. The summed E-state index contributed by atoms with van der Waals surface area (Å²) in [6, 6.07) is -0.644. The molecule has 0 radical (unpaired) electrons. The van der Waals surface area contributed by atoms with E-state index >= 15 is 0 Å². The van der Waals surface area contributed by atoms with Gasteiger partial charge in [-0.05, 0) is 26.2 Å². The molecule has 2 atom stereocenters. The molecule has 19 heavy (non-hydrogen) atoms. The minimum atomic E-state index is -0.543. The van der Waals surface area contributed by atoms with Gasteiger partial charge < -0.3 is 15.3 Å². The molecule has 1 saturated heterocycles. The van der Waals surface area contributed by atoms with Crippen LogP contribution in [0.4, 0.5) is 0 Å². The van der Waals surface area contributed by atoms with E-state index in [2.05, 4.69) is 5.32 Å². The van der Waals surface area contributed by atoms with Gasteiger partial charge in [0.25, 0.3) is 0 Å². The average Bonchev–Trinajstić information content (AvgIpc) is 2.36. The molecule has 110 valence electrons. The maximum absolute atomic E-state index is 12.3. The van der Waals surface area contributed by atoms with Crippen molar-refractivity contribution in [2.45, 2.75) is 59.0 Å². The molecule has 0 aromatic heterocycles. The van der Waals surface area contributed by atoms with Gasteiger partial charge in [0.2, 0.25) is 11.8 Å². The van der Waals surface area contributed by atoms with E-state index in [1.165, 1.54) is 0 Å². The van der Waals surface area contributed by atoms with Crippen molar-refractivity contribution >= 4 is 11.8 Å². The lowest BCUT2D eigenvalue weighted by Crippen LogP contribution is -2.54. The number of hydrogen-bond acceptors (Lipinski definition) is 3. The van der Waals surface area contributed by atoms with Crippen molar-refractivity contribution in [3.8, 4) is 0 Å². The molecule has 1 heterocycles. The van der Waals surface area contributed by atoms with Crippen LogP contribution in [0, 0.1) is 5.41 Å². The van der Waals surface area contributed by atoms with Crippen molar-refractivity contribution in [2.24, 2.45) is 5.41 Å². The van der Waals surface area contributed by atoms with Crippen LogP contribution in [0.15, 0.2) is 0 Å². The van der Waals surface area contributed by atoms with Gasteiger partial charge in [-0.2, -0.15) is 0 Å². The number of aliphatic hydroxyl groups is 1. The summed E-state index contributed by atoms with van der Waals surface area (Å²) < 4.78 is 0. The van der Waals surface area contributed by atoms with Crippen molar-refractivity contribution in [2.75, 3.05) is 13.2 Å². The predicted octanol–water partition coefficient (Wildman–Crippen LogP) is 0.911. The first-order valence-electron chi connectivity index (χ1n) is 6.99. The molecule has 0 bridgehead atoms. The van der Waals surface area contributed by atoms with Crippen LogP contribution in [0.2, 0.25) is 0 Å². The van der Waals surface area contributed by atoms with Gasteiger partial charge in [0, 0.05) is 12.0 Å². The maximum Gasteiger partial charge on any atom is 0.245 e. The van der Waals surface area contributed by atoms with Gasteiger partial charge in [-0.15, -0.1) is 0 Å². The Morgan fingerprint density at radius 3 is 2.53 bits per heavy atom. The SMILES string of the molecule is CC(NC(=O)C(C)(C)C)C(=O)N1CCCCC1CO. The smallest absolute Gasteiger partial charge is 0.245 e. The van der Waals surface area contributed by atoms with Crippen LogP contribution in [0.25, 0.3) is 0 Å². The summed E-state index contributed by atoms with van der Waals surface area (Å²) in [6.07, 6.45) is 2.84. The number of carbonyl (C=O) groups is 2. The molecule has 2 amide bonds. The van der Waals surface area contributed by atoms with Crippen molar-refractivity contribution < 1.29 is 14.7 Å². The minimum absolute atomic E-state index is 0.00826. The summed E-state index contributed by atoms with van der Waals surface area (Å²) in [6.45, 7) is 7.81. The zero-order valence-electron chi connectivity index (χ0n) is 12.4. The van der Waals surface area contributed by atoms with Crippen molar-refractivity contribution in [3.05, 3.63) is 0 Å². The van der Waals surface area contributed by atoms with Crippen molar-refractivity contribution in [1.82, 2.24) is 10.2 Å². The Balaban J connectivity index is 2.63. The Morgan fingerprint density at radius 2 is 2.00 bits per heavy atom. The van der Waals surface area contributed by atoms with E-state index in [0.29, 0.717) is 6.54 Å². The molecule has 5 heteroatoms. The van der Waals surface area contributed by atoms with Gasteiger partial charge in [0.05, 0.1) is 12.6 Å². The van der Waals surface area contributed by atoms with Crippen LogP contribution in [-0.4, -0.2) is 47.1 Å². The van der Waals surface area contributed by atoms with Crippen LogP contribution >= 0.6 is 0 Å². The van der Waals surface area contributed by atoms with E-state index in [-0.39, 0.29) is 24.5 Å². The van der Waals surface area contributed by atoms with E-state index in [1.54, 1.807) is 11.8 Å². The zero-order valence-corrected chi connectivity index (χ0v) is 12.4. The topological polar surface area (TPSA) is 69.6 Å². The second-order valence-corrected chi connectivity index (χ2v) is 6.31. The molecule has 0 aromatic rings. The van der Waals surface area contributed by atoms with Crippen LogP contribution in [-0.2, 0) is 9.59 Å². The lowest BCUT2D eigenvalue weighted by molar-refractivity contribution is -0.141. The molecule has 2 N–H and O–H groups in total. The number of amides is 2. The summed E-state index contributed by atoms with van der Waals surface area (Å²) in [4.78, 5) is 25.9. The van der Waals surface area contributed by atoms with Gasteiger partial charge in [-0.25, -0.2) is 0 Å². The van der Waals surface area contributed by atoms with Gasteiger partial charge >= 0.3 is 0 Å². The largest absolute Gasteiger partial charge is 0.394 e. The summed E-state index contributed by atoms with van der Waals surface area (Å²) in [5.41, 5.74) is -0.507. The van der Waals surface area contributed by atoms with Crippen LogP contribution in [0.5, 0.6) is 0 Å². The van der Waals surface area contributed by atoms with E-state index in [0.717, 1.165) is 19.3 Å². The molecular weight excluding hydrogens is 244 g/mol. The Bertz CT molecular complexity index is 336. The number of rotatable bonds is 3. The second kappa shape index (κ2) is 6.37. The highest BCUT2D eigenvalue weighted by Gasteiger charge is 2.31. The standard InChI is InChI=1S/C14H26N2O3/c1-10(15-13(19)14(2,3)4)12(18)16-8-6-5-7-11(16)9-17/h10-11,17H,5-9H2,1-4H3,(H,15,19). The minimum Gasteiger partial charge on any atom is -0.394 e. The monoisotopic (exact) mass is 270 g/mol. The summed E-state index contributed by atoms with van der Waals surface area (Å²) in [7, 11) is 0. The fourth-order valence-electron chi connectivity index (χ4n) is 2.20. The number of likely N-dealkylation sites (tertiary alicyclic amines) is 1. The molecule has 0 aliphatic carbocycles. The van der Waals surface area contributed by atoms with Crippen LogP contribution < -0.4 is 5.32 Å². The first kappa shape index (κ1) is 16.0. The Morgan fingerprint density at radius 1 is 1.37 bits per heavy atom. The van der Waals surface area contributed by atoms with Crippen molar-refractivity contribution in [3.63, 3.8) is 0 Å². The fraction of sp³-hybridized carbons (Fsp3) is 0.857. The molecule has 5 nitrogen and oxygen atoms in total. The number of hydrogen-bond donors (Lipinski definition) is 2. The first-order chi connectivity index (χ1) is 8.77. The zero-order chi connectivity index (χ0) is 14.6. The number of nitrogens with zero attached hydrogens (tertiary/aromatic N) is 1. The average molecular weight is 270 g/mol. The molecule has 2 unspecified atom stereocenters. The fourth-order valence-corrected chi connectivity index (χ4v) is 2.20. The summed E-state index contributed by atoms with van der Waals surface area (Å²) in [5.74, 6) is -0.234. The molecule has 1 aliphatic rings. The number of aliphatic hydroxyl groups excluding tert-OH is 1. The van der Waals surface area contributed by atoms with Crippen molar-refractivity contribution in [1.29, 1.82) is 0 Å². The van der Waals surface area contributed by atoms with E-state index in [4.69, 9.17) is 0 Å². The van der Waals surface area contributed by atoms with Gasteiger partial charge in [0.15, 0.2) is 0 Å². The molecule has 0 saturated carbocycles. The highest BCUT2D eigenvalue weighted by atomic mass is 16.3. The van der Waals surface area contributed by atoms with E-state index < -0.39 is 11.5 Å². The van der Waals surface area contributed by atoms with Crippen LogP contribution in [0.1, 0.15) is 47.0 Å². The predicted molar refractivity (Wildman–Crippen MR) is 73.5 cm³/mol. The van der Waals surface area contributed by atoms with E-state index in [1.807, 2.05) is 20.8 Å². The normalized spacial score (nSPS) is 21.9. The third kappa shape index (κ3) is 4.20. The summed E-state index contributed by atoms with van der Waals surface area (Å²) >= 11 is 0. The third-order valence-corrected chi connectivity index (χ3v) is 3.52. The van der Waals surface area contributed by atoms with Gasteiger partial charge in [-0.1, -0.05) is 20.8 Å². The maximum atomic E-state index is 12.3. The van der Waals surface area contributed by atoms with Gasteiger partial charge in [0.1, 0.15) is 6.04 Å². The molecule has 0 aromatic carbocycles. The number of nitrogens with one attached hydrogen (secondary N) is 1. The Hall–Kier alpha value is -1.10. The quantitative estimate of drug-likeness (QED) is 0.801. The summed E-state index contributed by atoms with van der Waals surface area (Å²) in [5, 5.41) is 12.1. The Labute approximate surface area is 115 Å². The molecule has 1 fully saturated rings. The van der Waals surface area contributed by atoms with E-state index in [9.17, 15) is 14.7 Å². The first-order valence-corrected chi connectivity index (χ1v) is 6.99. The van der Waals surface area contributed by atoms with Gasteiger partial charge in [-0.3, -0.25) is 9.59 Å². The Kier molecular flexibility index (Phi) is 5.35. The lowest BCUT2D eigenvalue weighted by atomic mass is 9.95. The lowest BCUT2D eigenvalue weighted by Gasteiger charge is -2.36.